The number of pyridine rings is 1. The number of halogens is 1. The van der Waals surface area contributed by atoms with Crippen LogP contribution in [0.5, 0.6) is 11.5 Å². The number of ether oxygens (including phenoxy) is 4. The molecule has 2 saturated carbocycles. The molecule has 8 atom stereocenters. The van der Waals surface area contributed by atoms with Crippen molar-refractivity contribution in [2.45, 2.75) is 114 Å². The lowest BCUT2D eigenvalue weighted by atomic mass is 9.85. The maximum atomic E-state index is 14.8. The molecule has 1 aromatic carbocycles. The maximum absolute atomic E-state index is 14.8. The molecule has 4 heterocycles. The third kappa shape index (κ3) is 10.1. The summed E-state index contributed by atoms with van der Waals surface area (Å²) in [6, 6.07) is 3.11. The van der Waals surface area contributed by atoms with Gasteiger partial charge >= 0.3 is 12.1 Å². The second-order valence-corrected chi connectivity index (χ2v) is 19.3. The minimum absolute atomic E-state index is 0.0358. The van der Waals surface area contributed by atoms with Crippen molar-refractivity contribution in [3.05, 3.63) is 29.5 Å². The number of aromatic amines is 1. The van der Waals surface area contributed by atoms with E-state index in [9.17, 15) is 24.3 Å². The normalized spacial score (nSPS) is 27.1. The summed E-state index contributed by atoms with van der Waals surface area (Å²) in [7, 11) is 0. The zero-order valence-corrected chi connectivity index (χ0v) is 37.1. The molecule has 2 saturated heterocycles. The summed E-state index contributed by atoms with van der Waals surface area (Å²) in [6.45, 7) is 15.7. The van der Waals surface area contributed by atoms with Crippen LogP contribution < -0.4 is 20.1 Å². The fourth-order valence-corrected chi connectivity index (χ4v) is 9.62. The number of nitrogens with zero attached hydrogens (tertiary/aromatic N) is 5. The summed E-state index contributed by atoms with van der Waals surface area (Å²) in [6.07, 6.45) is 2.09. The highest BCUT2D eigenvalue weighted by atomic mass is 35.5. The van der Waals surface area contributed by atoms with Gasteiger partial charge in [0.15, 0.2) is 5.16 Å². The molecule has 332 valence electrons. The summed E-state index contributed by atoms with van der Waals surface area (Å²) in [5.41, 5.74) is -1.81. The second-order valence-electron chi connectivity index (χ2n) is 17.9. The number of H-pyrrole nitrogens is 1. The predicted molar refractivity (Wildman–Crippen MR) is 226 cm³/mol. The van der Waals surface area contributed by atoms with E-state index in [0.29, 0.717) is 77.2 Å². The Bertz CT molecular complexity index is 2070. The van der Waals surface area contributed by atoms with Gasteiger partial charge in [0.25, 0.3) is 0 Å². The van der Waals surface area contributed by atoms with Crippen molar-refractivity contribution >= 4 is 58.1 Å². The van der Waals surface area contributed by atoms with Crippen molar-refractivity contribution in [1.82, 2.24) is 40.6 Å². The lowest BCUT2D eigenvalue weighted by Gasteiger charge is -2.35. The van der Waals surface area contributed by atoms with Crippen LogP contribution in [0, 0.1) is 23.2 Å². The number of likely N-dealkylation sites (tertiary alicyclic amines) is 1. The van der Waals surface area contributed by atoms with Crippen LogP contribution in [0.2, 0.25) is 5.02 Å². The zero-order chi connectivity index (χ0) is 43.6. The molecule has 61 heavy (non-hydrogen) atoms. The number of hydrogen-bond donors (Lipinski definition) is 4. The predicted octanol–water partition coefficient (Wildman–Crippen LogP) is 5.16. The Morgan fingerprint density at radius 2 is 1.84 bits per heavy atom. The van der Waals surface area contributed by atoms with Gasteiger partial charge in [-0.25, -0.2) is 14.6 Å². The molecule has 4 aliphatic rings. The van der Waals surface area contributed by atoms with E-state index in [-0.39, 0.29) is 36.4 Å². The van der Waals surface area contributed by atoms with Crippen LogP contribution in [0.15, 0.2) is 34.7 Å². The van der Waals surface area contributed by atoms with Crippen molar-refractivity contribution < 1.29 is 43.2 Å². The van der Waals surface area contributed by atoms with E-state index in [2.05, 4.69) is 44.6 Å². The van der Waals surface area contributed by atoms with Crippen LogP contribution >= 0.6 is 23.4 Å². The molecular weight excluding hydrogens is 828 g/mol. The Labute approximate surface area is 364 Å². The molecule has 3 amide bonds. The van der Waals surface area contributed by atoms with E-state index in [4.69, 9.17) is 35.5 Å². The van der Waals surface area contributed by atoms with Gasteiger partial charge in [0.05, 0.1) is 25.3 Å². The Morgan fingerprint density at radius 1 is 1.10 bits per heavy atom. The van der Waals surface area contributed by atoms with Gasteiger partial charge in [-0.2, -0.15) is 0 Å². The van der Waals surface area contributed by atoms with E-state index in [1.165, 1.54) is 23.0 Å². The van der Waals surface area contributed by atoms with Crippen molar-refractivity contribution in [2.24, 2.45) is 23.2 Å². The molecule has 0 spiro atoms. The number of nitrogens with one attached hydrogen (secondary N) is 3. The van der Waals surface area contributed by atoms with Crippen molar-refractivity contribution in [1.29, 1.82) is 0 Å². The Morgan fingerprint density at radius 3 is 2.48 bits per heavy atom. The van der Waals surface area contributed by atoms with E-state index >= 15 is 0 Å². The minimum Gasteiger partial charge on any atom is -0.491 e. The number of carboxylic acids is 1. The molecule has 2 aliphatic heterocycles. The lowest BCUT2D eigenvalue weighted by Crippen LogP contribution is -2.59. The van der Waals surface area contributed by atoms with E-state index in [1.54, 1.807) is 12.1 Å². The van der Waals surface area contributed by atoms with Crippen LogP contribution in [0.3, 0.4) is 0 Å². The quantitative estimate of drug-likeness (QED) is 0.155. The molecule has 17 nitrogen and oxygen atoms in total. The molecule has 1 unspecified atom stereocenters. The highest BCUT2D eigenvalue weighted by Crippen LogP contribution is 2.47. The highest BCUT2D eigenvalue weighted by molar-refractivity contribution is 7.99. The number of carboxylic acid groups (broad SMARTS) is 1. The summed E-state index contributed by atoms with van der Waals surface area (Å²) in [5.74, 6) is -0.847. The molecule has 2 aromatic heterocycles. The first-order chi connectivity index (χ1) is 29.1. The molecule has 0 radical (unpaired) electrons. The number of aromatic nitrogens is 4. The van der Waals surface area contributed by atoms with Crippen LogP contribution in [0.4, 0.5) is 4.79 Å². The number of alkyl carbamates (subject to hydrolysis) is 1. The maximum Gasteiger partial charge on any atom is 0.408 e. The SMILES string of the molecule is CC[C@@H]1C[C@]1(NC(=O)[C@@H]1C[C@@H](Oc2cc(Sc3nnc[nH]3)nc3c(Cl)c(OCCN4CCOCC4)ccc23)CN1C(=O)[C@@H](NC(=O)O[C@@H]1CC(C)[C@H](C)C1)C(C)(C)C)C(=O)O. The van der Waals surface area contributed by atoms with Gasteiger partial charge in [-0.3, -0.25) is 14.5 Å². The number of benzene rings is 1. The molecule has 4 fully saturated rings. The lowest BCUT2D eigenvalue weighted by molar-refractivity contribution is -0.146. The smallest absolute Gasteiger partial charge is 0.408 e. The van der Waals surface area contributed by atoms with Crippen molar-refractivity contribution in [2.75, 3.05) is 46.0 Å². The van der Waals surface area contributed by atoms with Crippen LogP contribution in [-0.2, 0) is 23.9 Å². The number of hydrogen-bond acceptors (Lipinski definition) is 13. The van der Waals surface area contributed by atoms with Gasteiger partial charge in [-0.05, 0) is 66.3 Å². The fraction of sp³-hybridized carbons (Fsp3) is 0.643. The van der Waals surface area contributed by atoms with Crippen LogP contribution in [-0.4, -0.2) is 135 Å². The molecule has 19 heteroatoms. The Kier molecular flexibility index (Phi) is 13.6. The number of fused-ring (bicyclic) bond motifs is 1. The number of carbonyl (C=O) groups is 4. The standard InChI is InChI=1S/C42H57ClN8O9S/c1-7-25-20-42(25,38(54)55)48-36(52)29-18-27(21-51(29)37(53)35(41(4,5)6)47-40(56)60-26-16-23(2)24(3)17-26)59-31-19-32(61-39-44-22-45-49-39)46-34-28(31)8-9-30(33(34)43)58-15-12-50-10-13-57-14-11-50/h8-9,19,22-27,29,35H,7,10-18,20-21H2,1-6H3,(H,47,56)(H,48,52)(H,54,55)(H,44,45,49)/t23-,24?,25-,26+,27-,29+,35-,42-/m1/s1. The summed E-state index contributed by atoms with van der Waals surface area (Å²) in [5, 5.41) is 25.6. The molecule has 3 aromatic rings. The number of morpholine rings is 1. The molecule has 7 rings (SSSR count). The van der Waals surface area contributed by atoms with Crippen LogP contribution in [0.1, 0.15) is 73.6 Å². The number of aliphatic carboxylic acids is 1. The summed E-state index contributed by atoms with van der Waals surface area (Å²) in [4.78, 5) is 66.4. The summed E-state index contributed by atoms with van der Waals surface area (Å²) < 4.78 is 24.2. The third-order valence-electron chi connectivity index (χ3n) is 12.5. The summed E-state index contributed by atoms with van der Waals surface area (Å²) >= 11 is 8.23. The highest BCUT2D eigenvalue weighted by Gasteiger charge is 2.61. The fourth-order valence-electron chi connectivity index (χ4n) is 8.65. The first-order valence-electron chi connectivity index (χ1n) is 21.2. The van der Waals surface area contributed by atoms with Crippen molar-refractivity contribution in [3.8, 4) is 11.5 Å². The number of carbonyl (C=O) groups excluding carboxylic acids is 3. The average molecular weight is 885 g/mol. The Hall–Kier alpha value is -4.39. The monoisotopic (exact) mass is 884 g/mol. The van der Waals surface area contributed by atoms with Gasteiger partial charge in [-0.15, -0.1) is 10.2 Å². The zero-order valence-electron chi connectivity index (χ0n) is 35.6. The van der Waals surface area contributed by atoms with E-state index in [0.717, 1.165) is 25.9 Å². The van der Waals surface area contributed by atoms with Gasteiger partial charge in [0.2, 0.25) is 11.8 Å². The van der Waals surface area contributed by atoms with Gasteiger partial charge in [0.1, 0.15) is 64.3 Å². The van der Waals surface area contributed by atoms with Crippen molar-refractivity contribution in [3.63, 3.8) is 0 Å². The number of amides is 3. The first kappa shape index (κ1) is 44.7. The number of rotatable bonds is 15. The molecule has 4 N–H and O–H groups in total. The average Bonchev–Trinajstić information content (AvgIpc) is 3.50. The molecule has 0 bridgehead atoms. The Balaban J connectivity index is 1.17. The van der Waals surface area contributed by atoms with Crippen LogP contribution in [0.25, 0.3) is 10.9 Å². The van der Waals surface area contributed by atoms with E-state index < -0.39 is 53.0 Å². The largest absolute Gasteiger partial charge is 0.491 e. The van der Waals surface area contributed by atoms with Gasteiger partial charge in [0, 0.05) is 37.5 Å². The van der Waals surface area contributed by atoms with Gasteiger partial charge in [-0.1, -0.05) is 59.6 Å². The van der Waals surface area contributed by atoms with E-state index in [1.807, 2.05) is 33.8 Å². The minimum atomic E-state index is -1.42. The second kappa shape index (κ2) is 18.5. The van der Waals surface area contributed by atoms with Gasteiger partial charge < -0.3 is 44.6 Å². The third-order valence-corrected chi connectivity index (χ3v) is 13.7. The first-order valence-corrected chi connectivity index (χ1v) is 22.4. The molecular formula is C42H57ClN8O9S. The topological polar surface area (TPSA) is 210 Å². The molecule has 2 aliphatic carbocycles.